The summed E-state index contributed by atoms with van der Waals surface area (Å²) in [6.07, 6.45) is 0. The fourth-order valence-electron chi connectivity index (χ4n) is 2.95. The fraction of sp³-hybridized carbons (Fsp3) is 0.381. The molecule has 3 heteroatoms. The molecule has 0 heterocycles. The number of hydrogen-bond acceptors (Lipinski definition) is 2. The molecule has 0 fully saturated rings. The van der Waals surface area contributed by atoms with Gasteiger partial charge in [0.2, 0.25) is 5.25 Å². The van der Waals surface area contributed by atoms with E-state index in [-0.39, 0.29) is 22.1 Å². The second-order valence-corrected chi connectivity index (χ2v) is 8.53. The first-order valence-corrected chi connectivity index (χ1v) is 9.68. The molecule has 0 aromatic heterocycles. The van der Waals surface area contributed by atoms with Crippen molar-refractivity contribution in [3.05, 3.63) is 58.7 Å². The maximum atomic E-state index is 12.5. The highest BCUT2D eigenvalue weighted by atomic mass is 32.2. The molecule has 0 aliphatic heterocycles. The molecular formula is C21H27O2S+. The summed E-state index contributed by atoms with van der Waals surface area (Å²) >= 11 is 0. The molecule has 0 bridgehead atoms. The lowest BCUT2D eigenvalue weighted by Gasteiger charge is -2.17. The van der Waals surface area contributed by atoms with E-state index in [4.69, 9.17) is 4.74 Å². The monoisotopic (exact) mass is 343 g/mol. The third-order valence-electron chi connectivity index (χ3n) is 4.11. The summed E-state index contributed by atoms with van der Waals surface area (Å²) in [6, 6.07) is 13.0. The van der Waals surface area contributed by atoms with Crippen LogP contribution in [0, 0.1) is 27.7 Å². The first kappa shape index (κ1) is 18.6. The Bertz CT molecular complexity index is 685. The van der Waals surface area contributed by atoms with Gasteiger partial charge >= 0.3 is 5.97 Å². The lowest BCUT2D eigenvalue weighted by atomic mass is 10.2. The Morgan fingerprint density at radius 2 is 1.42 bits per heavy atom. The summed E-state index contributed by atoms with van der Waals surface area (Å²) in [5.41, 5.74) is 4.94. The molecule has 0 spiro atoms. The van der Waals surface area contributed by atoms with Crippen LogP contribution in [0.5, 0.6) is 0 Å². The third kappa shape index (κ3) is 4.02. The second kappa shape index (κ2) is 7.89. The number of ether oxygens (including phenoxy) is 1. The molecule has 0 aliphatic rings. The first-order chi connectivity index (χ1) is 11.3. The van der Waals surface area contributed by atoms with Gasteiger partial charge in [-0.2, -0.15) is 0 Å². The van der Waals surface area contributed by atoms with E-state index in [1.54, 1.807) is 0 Å². The van der Waals surface area contributed by atoms with Crippen LogP contribution >= 0.6 is 0 Å². The van der Waals surface area contributed by atoms with Crippen LogP contribution in [0.25, 0.3) is 0 Å². The smallest absolute Gasteiger partial charge is 0.360 e. The van der Waals surface area contributed by atoms with Crippen molar-refractivity contribution in [3.8, 4) is 0 Å². The number of hydrogen-bond donors (Lipinski definition) is 0. The number of carbonyl (C=O) groups is 1. The summed E-state index contributed by atoms with van der Waals surface area (Å²) in [4.78, 5) is 14.9. The Morgan fingerprint density at radius 3 is 1.79 bits per heavy atom. The van der Waals surface area contributed by atoms with Crippen LogP contribution < -0.4 is 0 Å². The number of aryl methyl sites for hydroxylation is 4. The molecule has 0 saturated heterocycles. The minimum atomic E-state index is -0.342. The van der Waals surface area contributed by atoms with E-state index < -0.39 is 0 Å². The molecule has 0 amide bonds. The van der Waals surface area contributed by atoms with E-state index in [9.17, 15) is 4.79 Å². The van der Waals surface area contributed by atoms with Crippen molar-refractivity contribution in [2.45, 2.75) is 56.6 Å². The minimum absolute atomic E-state index is 0.124. The van der Waals surface area contributed by atoms with Crippen molar-refractivity contribution in [3.63, 3.8) is 0 Å². The van der Waals surface area contributed by atoms with Gasteiger partial charge in [-0.15, -0.1) is 0 Å². The third-order valence-corrected chi connectivity index (χ3v) is 6.87. The van der Waals surface area contributed by atoms with Crippen LogP contribution in [-0.2, 0) is 20.4 Å². The zero-order valence-corrected chi connectivity index (χ0v) is 16.3. The van der Waals surface area contributed by atoms with Crippen molar-refractivity contribution < 1.29 is 9.53 Å². The second-order valence-electron chi connectivity index (χ2n) is 6.27. The van der Waals surface area contributed by atoms with Gasteiger partial charge in [-0.3, -0.25) is 0 Å². The molecule has 0 aliphatic carbocycles. The highest BCUT2D eigenvalue weighted by Crippen LogP contribution is 2.33. The molecule has 2 nitrogen and oxygen atoms in total. The maximum Gasteiger partial charge on any atom is 0.360 e. The Labute approximate surface area is 148 Å². The number of esters is 1. The van der Waals surface area contributed by atoms with E-state index >= 15 is 0 Å². The van der Waals surface area contributed by atoms with Crippen LogP contribution in [0.3, 0.4) is 0 Å². The average molecular weight is 344 g/mol. The molecule has 2 aromatic carbocycles. The van der Waals surface area contributed by atoms with Crippen LogP contribution in [0.2, 0.25) is 0 Å². The lowest BCUT2D eigenvalue weighted by molar-refractivity contribution is -0.142. The summed E-state index contributed by atoms with van der Waals surface area (Å²) in [7, 11) is -0.342. The summed E-state index contributed by atoms with van der Waals surface area (Å²) in [5.74, 6) is -0.124. The predicted octanol–water partition coefficient (Wildman–Crippen LogP) is 4.91. The molecule has 0 saturated carbocycles. The number of carbonyl (C=O) groups excluding carboxylic acids is 1. The van der Waals surface area contributed by atoms with Gasteiger partial charge in [0.1, 0.15) is 0 Å². The molecular weight excluding hydrogens is 316 g/mol. The molecule has 2 rings (SSSR count). The summed E-state index contributed by atoms with van der Waals surface area (Å²) < 4.78 is 5.32. The lowest BCUT2D eigenvalue weighted by Crippen LogP contribution is -2.30. The molecule has 2 aromatic rings. The van der Waals surface area contributed by atoms with Gasteiger partial charge in [0.15, 0.2) is 9.79 Å². The van der Waals surface area contributed by atoms with Crippen LogP contribution in [0.1, 0.15) is 36.1 Å². The Balaban J connectivity index is 2.58. The molecule has 128 valence electrons. The van der Waals surface area contributed by atoms with Crippen molar-refractivity contribution in [1.82, 2.24) is 0 Å². The number of rotatable bonds is 5. The predicted molar refractivity (Wildman–Crippen MR) is 102 cm³/mol. The molecule has 1 unspecified atom stereocenters. The fourth-order valence-corrected chi connectivity index (χ4v) is 5.45. The van der Waals surface area contributed by atoms with Gasteiger partial charge in [-0.05, 0) is 53.7 Å². The van der Waals surface area contributed by atoms with Gasteiger partial charge in [-0.25, -0.2) is 4.79 Å². The number of benzene rings is 2. The summed E-state index contributed by atoms with van der Waals surface area (Å²) in [6.45, 7) is 12.7. The van der Waals surface area contributed by atoms with Gasteiger partial charge in [0, 0.05) is 11.1 Å². The molecule has 0 N–H and O–H groups in total. The van der Waals surface area contributed by atoms with E-state index in [1.165, 1.54) is 32.0 Å². The Morgan fingerprint density at radius 1 is 0.958 bits per heavy atom. The minimum Gasteiger partial charge on any atom is -0.462 e. The molecule has 1 atom stereocenters. The van der Waals surface area contributed by atoms with Crippen LogP contribution in [0.15, 0.2) is 46.2 Å². The van der Waals surface area contributed by atoms with E-state index in [0.29, 0.717) is 6.61 Å². The highest BCUT2D eigenvalue weighted by Gasteiger charge is 2.40. The first-order valence-electron chi connectivity index (χ1n) is 8.39. The van der Waals surface area contributed by atoms with E-state index in [1.807, 2.05) is 13.8 Å². The van der Waals surface area contributed by atoms with Crippen molar-refractivity contribution in [2.24, 2.45) is 0 Å². The quantitative estimate of drug-likeness (QED) is 0.570. The topological polar surface area (TPSA) is 26.3 Å². The van der Waals surface area contributed by atoms with E-state index in [2.05, 4.69) is 64.1 Å². The van der Waals surface area contributed by atoms with Gasteiger partial charge < -0.3 is 4.74 Å². The van der Waals surface area contributed by atoms with E-state index in [0.717, 1.165) is 0 Å². The Hall–Kier alpha value is -1.74. The highest BCUT2D eigenvalue weighted by molar-refractivity contribution is 7.98. The van der Waals surface area contributed by atoms with Gasteiger partial charge in [-0.1, -0.05) is 35.4 Å². The molecule has 24 heavy (non-hydrogen) atoms. The van der Waals surface area contributed by atoms with Crippen LogP contribution in [-0.4, -0.2) is 17.8 Å². The SMILES string of the molecule is CCOC(=O)C(C)[S+](c1ccc(C)cc1C)c1ccc(C)cc1C. The molecule has 0 radical (unpaired) electrons. The van der Waals surface area contributed by atoms with Crippen LogP contribution in [0.4, 0.5) is 0 Å². The Kier molecular flexibility index (Phi) is 6.11. The van der Waals surface area contributed by atoms with Crippen molar-refractivity contribution >= 4 is 16.9 Å². The van der Waals surface area contributed by atoms with Crippen molar-refractivity contribution in [1.29, 1.82) is 0 Å². The zero-order chi connectivity index (χ0) is 17.9. The maximum absolute atomic E-state index is 12.5. The normalized spacial score (nSPS) is 12.3. The summed E-state index contributed by atoms with van der Waals surface area (Å²) in [5, 5.41) is -0.201. The average Bonchev–Trinajstić information content (AvgIpc) is 2.51. The van der Waals surface area contributed by atoms with Crippen molar-refractivity contribution in [2.75, 3.05) is 6.61 Å². The largest absolute Gasteiger partial charge is 0.462 e. The van der Waals surface area contributed by atoms with Gasteiger partial charge in [0.25, 0.3) is 0 Å². The van der Waals surface area contributed by atoms with Gasteiger partial charge in [0.05, 0.1) is 17.5 Å². The zero-order valence-electron chi connectivity index (χ0n) is 15.5. The standard InChI is InChI=1S/C21H27O2S/c1-7-23-21(22)18(6)24(19-10-8-14(2)12-16(19)4)20-11-9-15(3)13-17(20)5/h8-13,18H,7H2,1-6H3/q+1.